The first kappa shape index (κ1) is 15.8. The van der Waals surface area contributed by atoms with Gasteiger partial charge < -0.3 is 15.5 Å². The highest BCUT2D eigenvalue weighted by atomic mass is 16.2. The molecule has 0 saturated carbocycles. The SMILES string of the molecule is CCCNC(=O)CN1CCCC(NCC)c2ccccc21. The van der Waals surface area contributed by atoms with Crippen LogP contribution in [0.25, 0.3) is 0 Å². The molecule has 0 saturated heterocycles. The highest BCUT2D eigenvalue weighted by molar-refractivity contribution is 5.81. The molecule has 1 aromatic carbocycles. The molecule has 0 fully saturated rings. The van der Waals surface area contributed by atoms with Gasteiger partial charge in [-0.05, 0) is 37.4 Å². The van der Waals surface area contributed by atoms with Crippen molar-refractivity contribution in [2.45, 2.75) is 39.2 Å². The highest BCUT2D eigenvalue weighted by Gasteiger charge is 2.23. The molecule has 2 rings (SSSR count). The van der Waals surface area contributed by atoms with Crippen molar-refractivity contribution in [1.29, 1.82) is 0 Å². The number of para-hydroxylation sites is 1. The Morgan fingerprint density at radius 2 is 2.14 bits per heavy atom. The fourth-order valence-corrected chi connectivity index (χ4v) is 2.95. The molecule has 1 atom stereocenters. The summed E-state index contributed by atoms with van der Waals surface area (Å²) in [6, 6.07) is 8.87. The Bertz CT molecular complexity index is 461. The Balaban J connectivity index is 2.15. The van der Waals surface area contributed by atoms with Gasteiger partial charge in [0.2, 0.25) is 5.91 Å². The summed E-state index contributed by atoms with van der Waals surface area (Å²) in [6.45, 7) is 7.34. The van der Waals surface area contributed by atoms with Crippen LogP contribution in [0.3, 0.4) is 0 Å². The molecule has 1 heterocycles. The number of hydrogen-bond donors (Lipinski definition) is 2. The van der Waals surface area contributed by atoms with Gasteiger partial charge in [-0.15, -0.1) is 0 Å². The van der Waals surface area contributed by atoms with Crippen LogP contribution >= 0.6 is 0 Å². The van der Waals surface area contributed by atoms with Gasteiger partial charge in [-0.1, -0.05) is 32.0 Å². The molecule has 1 unspecified atom stereocenters. The minimum atomic E-state index is 0.119. The van der Waals surface area contributed by atoms with E-state index in [1.54, 1.807) is 0 Å². The number of benzene rings is 1. The van der Waals surface area contributed by atoms with Crippen LogP contribution in [0.4, 0.5) is 5.69 Å². The monoisotopic (exact) mass is 289 g/mol. The van der Waals surface area contributed by atoms with Gasteiger partial charge in [-0.25, -0.2) is 0 Å². The van der Waals surface area contributed by atoms with Crippen LogP contribution in [-0.4, -0.2) is 32.1 Å². The quantitative estimate of drug-likeness (QED) is 0.845. The lowest BCUT2D eigenvalue weighted by Gasteiger charge is -2.25. The molecule has 0 aliphatic carbocycles. The molecule has 21 heavy (non-hydrogen) atoms. The predicted molar refractivity (Wildman–Crippen MR) is 87.6 cm³/mol. The maximum atomic E-state index is 12.0. The molecule has 1 aliphatic heterocycles. The first-order chi connectivity index (χ1) is 10.3. The molecule has 116 valence electrons. The molecule has 0 spiro atoms. The van der Waals surface area contributed by atoms with Gasteiger partial charge in [0.05, 0.1) is 6.54 Å². The molecular weight excluding hydrogens is 262 g/mol. The Hall–Kier alpha value is -1.55. The van der Waals surface area contributed by atoms with Crippen LogP contribution in [0.5, 0.6) is 0 Å². The van der Waals surface area contributed by atoms with Gasteiger partial charge in [0.25, 0.3) is 0 Å². The number of carbonyl (C=O) groups excluding carboxylic acids is 1. The summed E-state index contributed by atoms with van der Waals surface area (Å²) in [5.74, 6) is 0.119. The van der Waals surface area contributed by atoms with Gasteiger partial charge in [0.15, 0.2) is 0 Å². The van der Waals surface area contributed by atoms with Crippen molar-refractivity contribution < 1.29 is 4.79 Å². The minimum absolute atomic E-state index is 0.119. The number of nitrogens with zero attached hydrogens (tertiary/aromatic N) is 1. The number of carbonyl (C=O) groups is 1. The standard InChI is InChI=1S/C17H27N3O/c1-3-11-19-17(21)13-20-12-7-9-15(18-4-2)14-8-5-6-10-16(14)20/h5-6,8,10,15,18H,3-4,7,9,11-13H2,1-2H3,(H,19,21). The largest absolute Gasteiger partial charge is 0.362 e. The summed E-state index contributed by atoms with van der Waals surface area (Å²) in [5, 5.41) is 6.53. The van der Waals surface area contributed by atoms with Crippen LogP contribution in [0.15, 0.2) is 24.3 Å². The van der Waals surface area contributed by atoms with E-state index in [0.717, 1.165) is 38.9 Å². The average molecular weight is 289 g/mol. The molecule has 4 nitrogen and oxygen atoms in total. The van der Waals surface area contributed by atoms with Crippen molar-refractivity contribution in [2.75, 3.05) is 31.1 Å². The van der Waals surface area contributed by atoms with Crippen LogP contribution in [0, 0.1) is 0 Å². The van der Waals surface area contributed by atoms with Crippen LogP contribution in [0.2, 0.25) is 0 Å². The fraction of sp³-hybridized carbons (Fsp3) is 0.588. The zero-order valence-electron chi connectivity index (χ0n) is 13.2. The van der Waals surface area contributed by atoms with E-state index in [9.17, 15) is 4.79 Å². The maximum Gasteiger partial charge on any atom is 0.239 e. The van der Waals surface area contributed by atoms with Gasteiger partial charge in [-0.2, -0.15) is 0 Å². The van der Waals surface area contributed by atoms with Crippen LogP contribution in [0.1, 0.15) is 44.7 Å². The van der Waals surface area contributed by atoms with Gasteiger partial charge in [-0.3, -0.25) is 4.79 Å². The minimum Gasteiger partial charge on any atom is -0.362 e. The summed E-state index contributed by atoms with van der Waals surface area (Å²) in [4.78, 5) is 14.3. The van der Waals surface area contributed by atoms with Crippen molar-refractivity contribution in [3.05, 3.63) is 29.8 Å². The maximum absolute atomic E-state index is 12.0. The highest BCUT2D eigenvalue weighted by Crippen LogP contribution is 2.32. The summed E-state index contributed by atoms with van der Waals surface area (Å²) in [6.07, 6.45) is 3.20. The normalized spacial score (nSPS) is 18.0. The van der Waals surface area contributed by atoms with E-state index in [1.807, 2.05) is 0 Å². The lowest BCUT2D eigenvalue weighted by molar-refractivity contribution is -0.119. The van der Waals surface area contributed by atoms with Gasteiger partial charge in [0, 0.05) is 24.8 Å². The van der Waals surface area contributed by atoms with E-state index in [2.05, 4.69) is 53.6 Å². The summed E-state index contributed by atoms with van der Waals surface area (Å²) in [7, 11) is 0. The van der Waals surface area contributed by atoms with E-state index in [0.29, 0.717) is 12.6 Å². The topological polar surface area (TPSA) is 44.4 Å². The van der Waals surface area contributed by atoms with E-state index >= 15 is 0 Å². The molecule has 0 radical (unpaired) electrons. The average Bonchev–Trinajstić information content (AvgIpc) is 2.66. The Morgan fingerprint density at radius 1 is 1.33 bits per heavy atom. The number of anilines is 1. The van der Waals surface area contributed by atoms with Gasteiger partial charge >= 0.3 is 0 Å². The summed E-state index contributed by atoms with van der Waals surface area (Å²) < 4.78 is 0. The number of fused-ring (bicyclic) bond motifs is 1. The van der Waals surface area contributed by atoms with Gasteiger partial charge in [0.1, 0.15) is 0 Å². The van der Waals surface area contributed by atoms with E-state index in [4.69, 9.17) is 0 Å². The predicted octanol–water partition coefficient (Wildman–Crippen LogP) is 2.46. The third kappa shape index (κ3) is 4.21. The van der Waals surface area contributed by atoms with Crippen LogP contribution in [-0.2, 0) is 4.79 Å². The molecule has 0 aromatic heterocycles. The molecule has 1 aliphatic rings. The third-order valence-electron chi connectivity index (χ3n) is 3.93. The van der Waals surface area contributed by atoms with Crippen molar-refractivity contribution in [3.63, 3.8) is 0 Å². The Morgan fingerprint density at radius 3 is 2.90 bits per heavy atom. The van der Waals surface area contributed by atoms with E-state index in [1.165, 1.54) is 11.3 Å². The molecule has 1 aromatic rings. The molecule has 1 amide bonds. The number of amides is 1. The van der Waals surface area contributed by atoms with E-state index in [-0.39, 0.29) is 5.91 Å². The Kier molecular flexibility index (Phi) is 6.05. The smallest absolute Gasteiger partial charge is 0.239 e. The lowest BCUT2D eigenvalue weighted by atomic mass is 10.0. The number of nitrogens with one attached hydrogen (secondary N) is 2. The molecule has 4 heteroatoms. The fourth-order valence-electron chi connectivity index (χ4n) is 2.95. The van der Waals surface area contributed by atoms with Crippen LogP contribution < -0.4 is 15.5 Å². The molecule has 0 bridgehead atoms. The van der Waals surface area contributed by atoms with E-state index < -0.39 is 0 Å². The van der Waals surface area contributed by atoms with Crippen molar-refractivity contribution in [2.24, 2.45) is 0 Å². The summed E-state index contributed by atoms with van der Waals surface area (Å²) >= 11 is 0. The van der Waals surface area contributed by atoms with Crippen molar-refractivity contribution >= 4 is 11.6 Å². The number of hydrogen-bond acceptors (Lipinski definition) is 3. The second-order valence-electron chi connectivity index (χ2n) is 5.58. The van der Waals surface area contributed by atoms with Crippen molar-refractivity contribution in [1.82, 2.24) is 10.6 Å². The first-order valence-electron chi connectivity index (χ1n) is 8.10. The second kappa shape index (κ2) is 8.03. The second-order valence-corrected chi connectivity index (χ2v) is 5.58. The lowest BCUT2D eigenvalue weighted by Crippen LogP contribution is -2.38. The zero-order valence-corrected chi connectivity index (χ0v) is 13.2. The van der Waals surface area contributed by atoms with Crippen molar-refractivity contribution in [3.8, 4) is 0 Å². The third-order valence-corrected chi connectivity index (χ3v) is 3.93. The number of rotatable bonds is 6. The zero-order chi connectivity index (χ0) is 15.1. The Labute approximate surface area is 127 Å². The molecular formula is C17H27N3O. The summed E-state index contributed by atoms with van der Waals surface area (Å²) in [5.41, 5.74) is 2.52. The first-order valence-corrected chi connectivity index (χ1v) is 8.10. The molecule has 2 N–H and O–H groups in total.